The number of nitrogens with one attached hydrogen (secondary N) is 1. The van der Waals surface area contributed by atoms with Crippen molar-refractivity contribution in [2.24, 2.45) is 0 Å². The van der Waals surface area contributed by atoms with Crippen molar-refractivity contribution >= 4 is 41.6 Å². The van der Waals surface area contributed by atoms with Crippen LogP contribution in [0.15, 0.2) is 0 Å². The molecule has 2 rings (SSSR count). The number of thioether (sulfide) groups is 2. The molecule has 2 heterocycles. The molecule has 1 amide bonds. The Bertz CT molecular complexity index is 477. The van der Waals surface area contributed by atoms with Gasteiger partial charge in [0.25, 0.3) is 0 Å². The molecule has 2 atom stereocenters. The van der Waals surface area contributed by atoms with E-state index in [9.17, 15) is 14.4 Å². The van der Waals surface area contributed by atoms with Gasteiger partial charge in [0.2, 0.25) is 0 Å². The van der Waals surface area contributed by atoms with Gasteiger partial charge >= 0.3 is 18.0 Å². The fourth-order valence-corrected chi connectivity index (χ4v) is 4.03. The molecule has 2 fully saturated rings. The second kappa shape index (κ2) is 10.1. The van der Waals surface area contributed by atoms with E-state index in [1.54, 1.807) is 44.3 Å². The molecular weight excluding hydrogens is 368 g/mol. The number of carboxylic acid groups (broad SMARTS) is 2. The fourth-order valence-electron chi connectivity index (χ4n) is 2.07. The predicted octanol–water partition coefficient (Wildman–Crippen LogP) is 1.20. The first kappa shape index (κ1) is 21.9. The van der Waals surface area contributed by atoms with Gasteiger partial charge in [0.15, 0.2) is 0 Å². The van der Waals surface area contributed by atoms with Crippen molar-refractivity contribution < 1.29 is 29.3 Å². The lowest BCUT2D eigenvalue weighted by Gasteiger charge is -2.34. The first-order chi connectivity index (χ1) is 11.6. The fraction of sp³-hybridized carbons (Fsp3) is 0.800. The number of nitrogens with zero attached hydrogens (tertiary/aromatic N) is 1. The summed E-state index contributed by atoms with van der Waals surface area (Å²) in [6.07, 6.45) is -0.541. The zero-order valence-corrected chi connectivity index (χ0v) is 16.3. The first-order valence-electron chi connectivity index (χ1n) is 7.96. The summed E-state index contributed by atoms with van der Waals surface area (Å²) in [5.41, 5.74) is -0.593. The van der Waals surface area contributed by atoms with Gasteiger partial charge in [0, 0.05) is 36.1 Å². The summed E-state index contributed by atoms with van der Waals surface area (Å²) in [4.78, 5) is 34.3. The topological polar surface area (TPSA) is 116 Å². The molecule has 0 saturated carbocycles. The third-order valence-electron chi connectivity index (χ3n) is 3.26. The molecule has 0 aromatic carbocycles. The molecule has 8 nitrogen and oxygen atoms in total. The van der Waals surface area contributed by atoms with Crippen molar-refractivity contribution in [1.82, 2.24) is 10.2 Å². The number of carboxylic acids is 2. The molecule has 25 heavy (non-hydrogen) atoms. The monoisotopic (exact) mass is 394 g/mol. The van der Waals surface area contributed by atoms with Crippen LogP contribution in [0.5, 0.6) is 0 Å². The number of amides is 1. The molecule has 10 heteroatoms. The predicted molar refractivity (Wildman–Crippen MR) is 98.4 cm³/mol. The SMILES string of the molecule is CC(C)(C)OC(=O)N1CCSCC1C(=O)O.O=C(O)C1CSCCN1. The molecule has 3 N–H and O–H groups in total. The van der Waals surface area contributed by atoms with Gasteiger partial charge < -0.3 is 20.3 Å². The zero-order chi connectivity index (χ0) is 19.0. The quantitative estimate of drug-likeness (QED) is 0.635. The Labute approximate surface area is 156 Å². The molecule has 0 aliphatic carbocycles. The van der Waals surface area contributed by atoms with Crippen molar-refractivity contribution in [1.29, 1.82) is 0 Å². The average molecular weight is 395 g/mol. The number of rotatable bonds is 2. The summed E-state index contributed by atoms with van der Waals surface area (Å²) < 4.78 is 5.17. The molecule has 2 aliphatic rings. The standard InChI is InChI=1S/C10H17NO4S.C5H9NO2S/c1-10(2,3)15-9(14)11-4-5-16-6-7(11)8(12)13;7-5(8)4-3-9-2-1-6-4/h7H,4-6H2,1-3H3,(H,12,13);4,6H,1-3H2,(H,7,8). The molecule has 0 spiro atoms. The van der Waals surface area contributed by atoms with E-state index in [4.69, 9.17) is 14.9 Å². The first-order valence-corrected chi connectivity index (χ1v) is 10.3. The van der Waals surface area contributed by atoms with Crippen LogP contribution in [0.25, 0.3) is 0 Å². The summed E-state index contributed by atoms with van der Waals surface area (Å²) in [6.45, 7) is 6.54. The Morgan fingerprint density at radius 1 is 1.08 bits per heavy atom. The molecule has 2 unspecified atom stereocenters. The van der Waals surface area contributed by atoms with Gasteiger partial charge in [-0.1, -0.05) is 0 Å². The van der Waals surface area contributed by atoms with Crippen LogP contribution < -0.4 is 5.32 Å². The maximum Gasteiger partial charge on any atom is 0.411 e. The Balaban J connectivity index is 0.000000293. The largest absolute Gasteiger partial charge is 0.480 e. The molecule has 0 aromatic rings. The van der Waals surface area contributed by atoms with Crippen LogP contribution >= 0.6 is 23.5 Å². The Morgan fingerprint density at radius 2 is 1.72 bits per heavy atom. The van der Waals surface area contributed by atoms with Crippen LogP contribution in [-0.2, 0) is 14.3 Å². The smallest absolute Gasteiger partial charge is 0.411 e. The number of carbonyl (C=O) groups excluding carboxylic acids is 1. The van der Waals surface area contributed by atoms with E-state index in [1.165, 1.54) is 4.90 Å². The molecule has 0 bridgehead atoms. The second-order valence-electron chi connectivity index (χ2n) is 6.52. The molecule has 2 saturated heterocycles. The van der Waals surface area contributed by atoms with Gasteiger partial charge in [-0.3, -0.25) is 9.69 Å². The lowest BCUT2D eigenvalue weighted by molar-refractivity contribution is -0.142. The summed E-state index contributed by atoms with van der Waals surface area (Å²) in [5, 5.41) is 20.4. The summed E-state index contributed by atoms with van der Waals surface area (Å²) in [7, 11) is 0. The van der Waals surface area contributed by atoms with Gasteiger partial charge in [-0.15, -0.1) is 0 Å². The third kappa shape index (κ3) is 8.19. The highest BCUT2D eigenvalue weighted by Gasteiger charge is 2.34. The molecule has 0 aromatic heterocycles. The Kier molecular flexibility index (Phi) is 8.87. The number of aliphatic carboxylic acids is 2. The third-order valence-corrected chi connectivity index (χ3v) is 5.35. The minimum absolute atomic E-state index is 0.316. The van der Waals surface area contributed by atoms with E-state index < -0.39 is 29.7 Å². The van der Waals surface area contributed by atoms with Crippen LogP contribution in [0.4, 0.5) is 4.79 Å². The number of ether oxygens (including phenoxy) is 1. The summed E-state index contributed by atoms with van der Waals surface area (Å²) >= 11 is 3.23. The van der Waals surface area contributed by atoms with E-state index in [0.29, 0.717) is 18.1 Å². The van der Waals surface area contributed by atoms with Gasteiger partial charge in [0.05, 0.1) is 0 Å². The Hall–Kier alpha value is -1.13. The molecular formula is C15H26N2O6S2. The van der Waals surface area contributed by atoms with E-state index in [0.717, 1.165) is 18.1 Å². The van der Waals surface area contributed by atoms with Crippen molar-refractivity contribution in [2.45, 2.75) is 38.5 Å². The maximum absolute atomic E-state index is 11.8. The normalized spacial score (nSPS) is 23.9. The van der Waals surface area contributed by atoms with Gasteiger partial charge in [-0.25, -0.2) is 9.59 Å². The molecule has 144 valence electrons. The van der Waals surface area contributed by atoms with Crippen LogP contribution in [-0.4, -0.2) is 86.9 Å². The highest BCUT2D eigenvalue weighted by molar-refractivity contribution is 7.99. The number of carbonyl (C=O) groups is 3. The number of hydrogen-bond acceptors (Lipinski definition) is 7. The maximum atomic E-state index is 11.8. The zero-order valence-electron chi connectivity index (χ0n) is 14.7. The van der Waals surface area contributed by atoms with E-state index in [-0.39, 0.29) is 6.04 Å². The lowest BCUT2D eigenvalue weighted by atomic mass is 10.2. The summed E-state index contributed by atoms with van der Waals surface area (Å²) in [6, 6.07) is -1.09. The van der Waals surface area contributed by atoms with Crippen LogP contribution in [0.1, 0.15) is 20.8 Å². The minimum Gasteiger partial charge on any atom is -0.480 e. The van der Waals surface area contributed by atoms with Crippen molar-refractivity contribution in [2.75, 3.05) is 36.1 Å². The van der Waals surface area contributed by atoms with Crippen molar-refractivity contribution in [3.63, 3.8) is 0 Å². The Morgan fingerprint density at radius 3 is 2.16 bits per heavy atom. The second-order valence-corrected chi connectivity index (χ2v) is 8.82. The van der Waals surface area contributed by atoms with Crippen LogP contribution in [0.2, 0.25) is 0 Å². The average Bonchev–Trinajstić information content (AvgIpc) is 2.54. The van der Waals surface area contributed by atoms with Crippen molar-refractivity contribution in [3.05, 3.63) is 0 Å². The highest BCUT2D eigenvalue weighted by Crippen LogP contribution is 2.19. The summed E-state index contributed by atoms with van der Waals surface area (Å²) in [5.74, 6) is 1.21. The van der Waals surface area contributed by atoms with E-state index in [2.05, 4.69) is 5.32 Å². The van der Waals surface area contributed by atoms with E-state index in [1.807, 2.05) is 0 Å². The molecule has 2 aliphatic heterocycles. The van der Waals surface area contributed by atoms with Crippen molar-refractivity contribution in [3.8, 4) is 0 Å². The van der Waals surface area contributed by atoms with Gasteiger partial charge in [-0.2, -0.15) is 23.5 Å². The lowest BCUT2D eigenvalue weighted by Crippen LogP contribution is -2.51. The van der Waals surface area contributed by atoms with Gasteiger partial charge in [-0.05, 0) is 20.8 Å². The number of hydrogen-bond donors (Lipinski definition) is 3. The highest BCUT2D eigenvalue weighted by atomic mass is 32.2. The van der Waals surface area contributed by atoms with Crippen LogP contribution in [0.3, 0.4) is 0 Å². The molecule has 0 radical (unpaired) electrons. The minimum atomic E-state index is -0.974. The van der Waals surface area contributed by atoms with E-state index >= 15 is 0 Å². The van der Waals surface area contributed by atoms with Gasteiger partial charge in [0.1, 0.15) is 17.7 Å². The van der Waals surface area contributed by atoms with Crippen LogP contribution in [0, 0.1) is 0 Å².